The van der Waals surface area contributed by atoms with E-state index < -0.39 is 11.6 Å². The largest absolute Gasteiger partial charge is 0.370 e. The molecule has 0 unspecified atom stereocenters. The number of Topliss-reactive ketones (excluding diaryl/α,β-unsaturated/α-hetero) is 2. The van der Waals surface area contributed by atoms with Crippen molar-refractivity contribution in [3.8, 4) is 0 Å². The summed E-state index contributed by atoms with van der Waals surface area (Å²) in [6.07, 6.45) is 0. The molecule has 3 rings (SSSR count). The molecule has 0 saturated carbocycles. The van der Waals surface area contributed by atoms with Gasteiger partial charge < -0.3 is 4.74 Å². The van der Waals surface area contributed by atoms with Gasteiger partial charge in [0.15, 0.2) is 5.69 Å². The summed E-state index contributed by atoms with van der Waals surface area (Å²) in [4.78, 5) is 25.6. The molecule has 1 aliphatic heterocycles. The second-order valence-electron chi connectivity index (χ2n) is 6.37. The molecule has 25 heavy (non-hydrogen) atoms. The Morgan fingerprint density at radius 3 is 2.12 bits per heavy atom. The molecule has 1 saturated heterocycles. The highest BCUT2D eigenvalue weighted by atomic mass is 16.5. The Balaban J connectivity index is 2.04. The Kier molecular flexibility index (Phi) is 5.08. The summed E-state index contributed by atoms with van der Waals surface area (Å²) in [5.41, 5.74) is 1.73. The van der Waals surface area contributed by atoms with Crippen molar-refractivity contribution in [2.75, 3.05) is 40.4 Å². The van der Waals surface area contributed by atoms with Gasteiger partial charge in [-0.25, -0.2) is 4.59 Å². The third kappa shape index (κ3) is 3.26. The Bertz CT molecular complexity index is 766. The predicted molar refractivity (Wildman–Crippen MR) is 97.6 cm³/mol. The fraction of sp³-hybridized carbons (Fsp3) is 0.300. The minimum absolute atomic E-state index is 0.417. The van der Waals surface area contributed by atoms with Gasteiger partial charge in [0.05, 0.1) is 18.8 Å². The van der Waals surface area contributed by atoms with Crippen molar-refractivity contribution in [1.82, 2.24) is 9.60 Å². The molecule has 2 aromatic rings. The van der Waals surface area contributed by atoms with Gasteiger partial charge in [0.2, 0.25) is 11.6 Å². The van der Waals surface area contributed by atoms with Crippen LogP contribution in [-0.2, 0) is 4.74 Å². The molecule has 1 heterocycles. The van der Waals surface area contributed by atoms with Crippen LogP contribution >= 0.6 is 0 Å². The first-order valence-electron chi connectivity index (χ1n) is 8.42. The van der Waals surface area contributed by atoms with Gasteiger partial charge in [-0.1, -0.05) is 42.5 Å². The van der Waals surface area contributed by atoms with Crippen molar-refractivity contribution >= 4 is 17.3 Å². The van der Waals surface area contributed by atoms with E-state index in [2.05, 4.69) is 5.01 Å². The molecular weight excluding hydrogens is 316 g/mol. The van der Waals surface area contributed by atoms with E-state index >= 15 is 0 Å². The number of hydrogen-bond acceptors (Lipinski definition) is 4. The van der Waals surface area contributed by atoms with E-state index in [1.165, 1.54) is 0 Å². The molecule has 0 atom stereocenters. The summed E-state index contributed by atoms with van der Waals surface area (Å²) < 4.78 is 6.02. The van der Waals surface area contributed by atoms with Crippen LogP contribution in [0.25, 0.3) is 0 Å². The maximum absolute atomic E-state index is 13.0. The standard InChI is InChI=1S/C20H23N2O3/c1-21(2)22(12-14-25-15-13-22)18-11-7-6-10-17(18)20(24)19(23)16-8-4-3-5-9-16/h3-11H,12-15H2,1-2H3/q+1. The minimum atomic E-state index is -0.474. The number of rotatable bonds is 5. The van der Waals surface area contributed by atoms with Crippen molar-refractivity contribution in [1.29, 1.82) is 0 Å². The zero-order valence-corrected chi connectivity index (χ0v) is 14.6. The van der Waals surface area contributed by atoms with E-state index in [1.807, 2.05) is 38.4 Å². The lowest BCUT2D eigenvalue weighted by Gasteiger charge is -2.44. The zero-order valence-electron chi connectivity index (χ0n) is 14.6. The lowest BCUT2D eigenvalue weighted by atomic mass is 9.99. The highest BCUT2D eigenvalue weighted by molar-refractivity contribution is 6.50. The number of morpholine rings is 1. The zero-order chi connectivity index (χ0) is 17.9. The number of nitrogens with zero attached hydrogens (tertiary/aromatic N) is 2. The fourth-order valence-electron chi connectivity index (χ4n) is 3.37. The van der Waals surface area contributed by atoms with Crippen LogP contribution in [0.3, 0.4) is 0 Å². The lowest BCUT2D eigenvalue weighted by Crippen LogP contribution is -2.64. The molecular formula is C20H23N2O3+. The van der Waals surface area contributed by atoms with Gasteiger partial charge >= 0.3 is 0 Å². The number of benzene rings is 2. The second-order valence-corrected chi connectivity index (χ2v) is 6.37. The van der Waals surface area contributed by atoms with E-state index in [0.29, 0.717) is 28.9 Å². The SMILES string of the molecule is CN(C)[N+]1(c2ccccc2C(=O)C(=O)c2ccccc2)CCOCC1. The number of ketones is 2. The summed E-state index contributed by atoms with van der Waals surface area (Å²) in [5.74, 6) is -0.939. The first kappa shape index (κ1) is 17.5. The molecule has 1 fully saturated rings. The van der Waals surface area contributed by atoms with Crippen LogP contribution < -0.4 is 4.59 Å². The lowest BCUT2D eigenvalue weighted by molar-refractivity contribution is -0.0549. The molecule has 0 amide bonds. The molecule has 0 spiro atoms. The molecule has 2 aromatic carbocycles. The minimum Gasteiger partial charge on any atom is -0.370 e. The van der Waals surface area contributed by atoms with Crippen molar-refractivity contribution in [3.05, 3.63) is 65.7 Å². The molecule has 0 aliphatic carbocycles. The van der Waals surface area contributed by atoms with E-state index in [0.717, 1.165) is 18.8 Å². The fourth-order valence-corrected chi connectivity index (χ4v) is 3.37. The summed E-state index contributed by atoms with van der Waals surface area (Å²) in [6.45, 7) is 2.70. The van der Waals surface area contributed by atoms with E-state index in [-0.39, 0.29) is 0 Å². The quantitative estimate of drug-likeness (QED) is 0.477. The van der Waals surface area contributed by atoms with Gasteiger partial charge in [0.1, 0.15) is 13.1 Å². The van der Waals surface area contributed by atoms with Crippen LogP contribution in [0.15, 0.2) is 54.6 Å². The summed E-state index contributed by atoms with van der Waals surface area (Å²) in [5, 5.41) is 2.08. The van der Waals surface area contributed by atoms with Crippen molar-refractivity contribution < 1.29 is 14.3 Å². The highest BCUT2D eigenvalue weighted by Gasteiger charge is 2.40. The predicted octanol–water partition coefficient (Wildman–Crippen LogP) is 2.57. The number of carbonyl (C=O) groups is 2. The monoisotopic (exact) mass is 339 g/mol. The van der Waals surface area contributed by atoms with Crippen molar-refractivity contribution in [2.24, 2.45) is 0 Å². The number of para-hydroxylation sites is 1. The van der Waals surface area contributed by atoms with E-state index in [1.54, 1.807) is 30.3 Å². The third-order valence-electron chi connectivity index (χ3n) is 4.82. The van der Waals surface area contributed by atoms with Gasteiger partial charge in [-0.15, -0.1) is 0 Å². The average molecular weight is 339 g/mol. The molecule has 5 heteroatoms. The normalized spacial score (nSPS) is 16.6. The summed E-state index contributed by atoms with van der Waals surface area (Å²) in [6, 6.07) is 16.1. The Labute approximate surface area is 148 Å². The van der Waals surface area contributed by atoms with Crippen LogP contribution in [0, 0.1) is 0 Å². The van der Waals surface area contributed by atoms with Crippen LogP contribution in [0.2, 0.25) is 0 Å². The Morgan fingerprint density at radius 1 is 0.880 bits per heavy atom. The summed E-state index contributed by atoms with van der Waals surface area (Å²) in [7, 11) is 3.98. The van der Waals surface area contributed by atoms with Crippen LogP contribution in [-0.4, -0.2) is 57.0 Å². The van der Waals surface area contributed by atoms with Gasteiger partial charge in [-0.05, 0) is 6.07 Å². The van der Waals surface area contributed by atoms with Crippen LogP contribution in [0.1, 0.15) is 20.7 Å². The number of ether oxygens (including phenoxy) is 1. The Morgan fingerprint density at radius 2 is 1.48 bits per heavy atom. The van der Waals surface area contributed by atoms with E-state index in [4.69, 9.17) is 4.74 Å². The molecule has 5 nitrogen and oxygen atoms in total. The average Bonchev–Trinajstić information content (AvgIpc) is 2.68. The molecule has 130 valence electrons. The maximum Gasteiger partial charge on any atom is 0.239 e. The molecule has 0 radical (unpaired) electrons. The number of quaternary nitrogens is 1. The third-order valence-corrected chi connectivity index (χ3v) is 4.82. The first-order valence-corrected chi connectivity index (χ1v) is 8.42. The smallest absolute Gasteiger partial charge is 0.239 e. The molecule has 0 bridgehead atoms. The van der Waals surface area contributed by atoms with Gasteiger partial charge in [0, 0.05) is 25.7 Å². The Hall–Kier alpha value is -2.34. The number of carbonyl (C=O) groups excluding carboxylic acids is 2. The van der Waals surface area contributed by atoms with Gasteiger partial charge in [0.25, 0.3) is 0 Å². The maximum atomic E-state index is 13.0. The van der Waals surface area contributed by atoms with Crippen molar-refractivity contribution in [3.63, 3.8) is 0 Å². The van der Waals surface area contributed by atoms with Crippen LogP contribution in [0.5, 0.6) is 0 Å². The summed E-state index contributed by atoms with van der Waals surface area (Å²) >= 11 is 0. The molecule has 1 aliphatic rings. The van der Waals surface area contributed by atoms with E-state index in [9.17, 15) is 9.59 Å². The highest BCUT2D eigenvalue weighted by Crippen LogP contribution is 2.31. The van der Waals surface area contributed by atoms with Gasteiger partial charge in [-0.3, -0.25) is 9.59 Å². The first-order chi connectivity index (χ1) is 12.1. The molecule has 0 aromatic heterocycles. The number of hydrogen-bond donors (Lipinski definition) is 0. The van der Waals surface area contributed by atoms with Crippen molar-refractivity contribution in [2.45, 2.75) is 0 Å². The molecule has 0 N–H and O–H groups in total. The second kappa shape index (κ2) is 7.27. The topological polar surface area (TPSA) is 46.6 Å². The van der Waals surface area contributed by atoms with Gasteiger partial charge in [-0.2, -0.15) is 5.01 Å². The van der Waals surface area contributed by atoms with Crippen LogP contribution in [0.4, 0.5) is 5.69 Å².